The summed E-state index contributed by atoms with van der Waals surface area (Å²) in [5, 5.41) is 21.2. The molecule has 1 fully saturated rings. The molecule has 1 aliphatic rings. The first-order chi connectivity index (χ1) is 4.74. The molecular formula is C7H14NO2. The summed E-state index contributed by atoms with van der Waals surface area (Å²) in [5.74, 6) is 0. The van der Waals surface area contributed by atoms with Crippen LogP contribution < -0.4 is 5.32 Å². The highest BCUT2D eigenvalue weighted by Crippen LogP contribution is 2.19. The van der Waals surface area contributed by atoms with E-state index in [2.05, 4.69) is 5.32 Å². The zero-order valence-electron chi connectivity index (χ0n) is 6.12. The monoisotopic (exact) mass is 144 g/mol. The third-order valence-electron chi connectivity index (χ3n) is 1.90. The predicted octanol–water partition coefficient (Wildman–Crippen LogP) is -0.358. The minimum absolute atomic E-state index is 0.259. The molecule has 3 nitrogen and oxygen atoms in total. The van der Waals surface area contributed by atoms with Gasteiger partial charge in [-0.25, -0.2) is 0 Å². The summed E-state index contributed by atoms with van der Waals surface area (Å²) >= 11 is 0. The van der Waals surface area contributed by atoms with E-state index in [1.54, 1.807) is 0 Å². The van der Waals surface area contributed by atoms with Crippen molar-refractivity contribution in [3.05, 3.63) is 6.54 Å². The Morgan fingerprint density at radius 1 is 1.30 bits per heavy atom. The van der Waals surface area contributed by atoms with Crippen LogP contribution in [-0.4, -0.2) is 28.5 Å². The molecule has 3 heteroatoms. The van der Waals surface area contributed by atoms with Gasteiger partial charge in [0.05, 0.1) is 12.2 Å². The van der Waals surface area contributed by atoms with Gasteiger partial charge in [-0.1, -0.05) is 0 Å². The SMILES string of the molecule is C[CH]NC1C[C@@H](O)[C@@H](O)C1. The van der Waals surface area contributed by atoms with Gasteiger partial charge in [0.1, 0.15) is 0 Å². The molecule has 0 aromatic heterocycles. The van der Waals surface area contributed by atoms with Gasteiger partial charge in [0.2, 0.25) is 0 Å². The van der Waals surface area contributed by atoms with E-state index in [4.69, 9.17) is 10.2 Å². The normalized spacial score (nSPS) is 40.5. The van der Waals surface area contributed by atoms with Crippen molar-refractivity contribution in [2.24, 2.45) is 0 Å². The van der Waals surface area contributed by atoms with Gasteiger partial charge in [-0.3, -0.25) is 0 Å². The lowest BCUT2D eigenvalue weighted by molar-refractivity contribution is 0.0438. The van der Waals surface area contributed by atoms with E-state index >= 15 is 0 Å². The summed E-state index contributed by atoms with van der Waals surface area (Å²) < 4.78 is 0. The number of rotatable bonds is 2. The minimum Gasteiger partial charge on any atom is -0.390 e. The Morgan fingerprint density at radius 3 is 2.20 bits per heavy atom. The van der Waals surface area contributed by atoms with Crippen molar-refractivity contribution >= 4 is 0 Å². The summed E-state index contributed by atoms with van der Waals surface area (Å²) in [5.41, 5.74) is 0. The second kappa shape index (κ2) is 3.32. The van der Waals surface area contributed by atoms with E-state index in [0.29, 0.717) is 12.8 Å². The molecule has 10 heavy (non-hydrogen) atoms. The predicted molar refractivity (Wildman–Crippen MR) is 38.1 cm³/mol. The molecule has 3 atom stereocenters. The molecule has 0 aromatic carbocycles. The van der Waals surface area contributed by atoms with Crippen LogP contribution in [0.15, 0.2) is 0 Å². The summed E-state index contributed by atoms with van der Waals surface area (Å²) in [4.78, 5) is 0. The summed E-state index contributed by atoms with van der Waals surface area (Å²) in [6, 6.07) is 0.259. The molecule has 0 saturated heterocycles. The van der Waals surface area contributed by atoms with E-state index in [1.165, 1.54) is 0 Å². The second-order valence-corrected chi connectivity index (χ2v) is 2.76. The van der Waals surface area contributed by atoms with Gasteiger partial charge >= 0.3 is 0 Å². The molecule has 3 N–H and O–H groups in total. The van der Waals surface area contributed by atoms with Crippen LogP contribution in [0.5, 0.6) is 0 Å². The molecule has 1 saturated carbocycles. The first-order valence-electron chi connectivity index (χ1n) is 3.64. The van der Waals surface area contributed by atoms with Gasteiger partial charge in [-0.05, 0) is 19.8 Å². The van der Waals surface area contributed by atoms with Crippen molar-refractivity contribution in [3.63, 3.8) is 0 Å². The zero-order valence-corrected chi connectivity index (χ0v) is 6.12. The molecule has 0 aliphatic heterocycles. The van der Waals surface area contributed by atoms with Crippen molar-refractivity contribution in [2.45, 2.75) is 38.0 Å². The lowest BCUT2D eigenvalue weighted by Gasteiger charge is -2.07. The number of aliphatic hydroxyl groups is 2. The Hall–Kier alpha value is -0.120. The Bertz CT molecular complexity index is 97.8. The van der Waals surface area contributed by atoms with Crippen LogP contribution in [0.25, 0.3) is 0 Å². The average Bonchev–Trinajstić information content (AvgIpc) is 2.14. The van der Waals surface area contributed by atoms with Crippen molar-refractivity contribution in [3.8, 4) is 0 Å². The molecule has 59 valence electrons. The molecule has 0 heterocycles. The van der Waals surface area contributed by atoms with E-state index in [0.717, 1.165) is 0 Å². The quantitative estimate of drug-likeness (QED) is 0.496. The van der Waals surface area contributed by atoms with Crippen LogP contribution in [0.1, 0.15) is 19.8 Å². The van der Waals surface area contributed by atoms with E-state index in [-0.39, 0.29) is 6.04 Å². The van der Waals surface area contributed by atoms with Crippen molar-refractivity contribution in [2.75, 3.05) is 0 Å². The van der Waals surface area contributed by atoms with Crippen LogP contribution in [0.4, 0.5) is 0 Å². The number of aliphatic hydroxyl groups excluding tert-OH is 2. The van der Waals surface area contributed by atoms with Gasteiger partial charge in [-0.15, -0.1) is 0 Å². The first kappa shape index (κ1) is 7.98. The summed E-state index contributed by atoms with van der Waals surface area (Å²) in [7, 11) is 0. The van der Waals surface area contributed by atoms with Gasteiger partial charge in [0.15, 0.2) is 0 Å². The largest absolute Gasteiger partial charge is 0.390 e. The molecular weight excluding hydrogens is 130 g/mol. The maximum absolute atomic E-state index is 9.09. The van der Waals surface area contributed by atoms with Crippen LogP contribution in [0.3, 0.4) is 0 Å². The molecule has 1 aliphatic carbocycles. The Labute approximate surface area is 61.1 Å². The molecule has 0 bridgehead atoms. The number of nitrogens with one attached hydrogen (secondary N) is 1. The summed E-state index contributed by atoms with van der Waals surface area (Å²) in [6.07, 6.45) is 0.256. The van der Waals surface area contributed by atoms with Crippen molar-refractivity contribution in [1.82, 2.24) is 5.32 Å². The van der Waals surface area contributed by atoms with Gasteiger partial charge in [0, 0.05) is 12.6 Å². The highest BCUT2D eigenvalue weighted by Gasteiger charge is 2.30. The standard InChI is InChI=1S/C7H14NO2/c1-2-8-5-3-6(9)7(10)4-5/h2,5-10H,3-4H2,1H3/t5?,6-,7+. The highest BCUT2D eigenvalue weighted by molar-refractivity contribution is 4.88. The topological polar surface area (TPSA) is 52.5 Å². The fourth-order valence-electron chi connectivity index (χ4n) is 1.37. The van der Waals surface area contributed by atoms with Crippen molar-refractivity contribution in [1.29, 1.82) is 0 Å². The van der Waals surface area contributed by atoms with Gasteiger partial charge < -0.3 is 15.5 Å². The molecule has 0 amide bonds. The van der Waals surface area contributed by atoms with Crippen molar-refractivity contribution < 1.29 is 10.2 Å². The van der Waals surface area contributed by atoms with E-state index in [1.807, 2.05) is 13.5 Å². The van der Waals surface area contributed by atoms with Crippen LogP contribution in [-0.2, 0) is 0 Å². The average molecular weight is 144 g/mol. The van der Waals surface area contributed by atoms with Crippen LogP contribution >= 0.6 is 0 Å². The molecule has 0 spiro atoms. The Morgan fingerprint density at radius 2 is 1.80 bits per heavy atom. The molecule has 0 aromatic rings. The molecule has 1 rings (SSSR count). The maximum Gasteiger partial charge on any atom is 0.0814 e. The summed E-state index contributed by atoms with van der Waals surface area (Å²) in [6.45, 7) is 3.74. The third kappa shape index (κ3) is 1.68. The minimum atomic E-state index is -0.530. The lowest BCUT2D eigenvalue weighted by atomic mass is 10.2. The zero-order chi connectivity index (χ0) is 7.56. The Balaban J connectivity index is 2.27. The second-order valence-electron chi connectivity index (χ2n) is 2.76. The third-order valence-corrected chi connectivity index (χ3v) is 1.90. The van der Waals surface area contributed by atoms with Crippen LogP contribution in [0, 0.1) is 6.54 Å². The maximum atomic E-state index is 9.09. The fourth-order valence-corrected chi connectivity index (χ4v) is 1.37. The van der Waals surface area contributed by atoms with Gasteiger partial charge in [-0.2, -0.15) is 0 Å². The number of hydrogen-bond acceptors (Lipinski definition) is 3. The smallest absolute Gasteiger partial charge is 0.0814 e. The van der Waals surface area contributed by atoms with Crippen LogP contribution in [0.2, 0.25) is 0 Å². The highest BCUT2D eigenvalue weighted by atomic mass is 16.3. The van der Waals surface area contributed by atoms with E-state index < -0.39 is 12.2 Å². The molecule has 1 radical (unpaired) electrons. The lowest BCUT2D eigenvalue weighted by Crippen LogP contribution is -2.23. The Kier molecular flexibility index (Phi) is 2.65. The number of hydrogen-bond donors (Lipinski definition) is 3. The van der Waals surface area contributed by atoms with E-state index in [9.17, 15) is 0 Å². The molecule has 1 unspecified atom stereocenters. The fraction of sp³-hybridized carbons (Fsp3) is 0.857. The van der Waals surface area contributed by atoms with Gasteiger partial charge in [0.25, 0.3) is 0 Å². The first-order valence-corrected chi connectivity index (χ1v) is 3.64.